The van der Waals surface area contributed by atoms with Crippen LogP contribution in [-0.4, -0.2) is 4.98 Å². The summed E-state index contributed by atoms with van der Waals surface area (Å²) in [7, 11) is 0. The Morgan fingerprint density at radius 1 is 1.14 bits per heavy atom. The second kappa shape index (κ2) is 5.89. The summed E-state index contributed by atoms with van der Waals surface area (Å²) < 4.78 is 14.2. The zero-order chi connectivity index (χ0) is 14.8. The van der Waals surface area contributed by atoms with Gasteiger partial charge >= 0.3 is 0 Å². The number of hydrogen-bond acceptors (Lipinski definition) is 3. The van der Waals surface area contributed by atoms with Crippen LogP contribution in [0.4, 0.5) is 4.39 Å². The third-order valence-corrected chi connectivity index (χ3v) is 4.08. The molecule has 3 nitrogen and oxygen atoms in total. The van der Waals surface area contributed by atoms with E-state index in [4.69, 9.17) is 5.84 Å². The Morgan fingerprint density at radius 3 is 2.76 bits per heavy atom. The Labute approximate surface area is 130 Å². The first kappa shape index (κ1) is 14.1. The van der Waals surface area contributed by atoms with Crippen molar-refractivity contribution in [1.82, 2.24) is 10.4 Å². The Bertz CT molecular complexity index is 786. The van der Waals surface area contributed by atoms with Gasteiger partial charge in [-0.25, -0.2) is 9.82 Å². The van der Waals surface area contributed by atoms with Gasteiger partial charge in [0.1, 0.15) is 5.82 Å². The minimum atomic E-state index is -0.314. The molecule has 5 heteroatoms. The SMILES string of the molecule is NNC(c1ccc(Br)c(F)c1)c1cccc2ncccc12. The fourth-order valence-electron chi connectivity index (χ4n) is 2.44. The van der Waals surface area contributed by atoms with E-state index in [-0.39, 0.29) is 11.9 Å². The van der Waals surface area contributed by atoms with Crippen LogP contribution in [0.25, 0.3) is 10.9 Å². The largest absolute Gasteiger partial charge is 0.271 e. The molecule has 0 spiro atoms. The van der Waals surface area contributed by atoms with Crippen molar-refractivity contribution < 1.29 is 4.39 Å². The van der Waals surface area contributed by atoms with Gasteiger partial charge in [-0.2, -0.15) is 0 Å². The summed E-state index contributed by atoms with van der Waals surface area (Å²) >= 11 is 3.16. The molecule has 3 rings (SSSR count). The van der Waals surface area contributed by atoms with Crippen molar-refractivity contribution in [3.63, 3.8) is 0 Å². The highest BCUT2D eigenvalue weighted by Crippen LogP contribution is 2.29. The van der Waals surface area contributed by atoms with E-state index in [1.54, 1.807) is 12.3 Å². The molecule has 21 heavy (non-hydrogen) atoms. The van der Waals surface area contributed by atoms with E-state index in [0.29, 0.717) is 4.47 Å². The minimum absolute atomic E-state index is 0.305. The maximum Gasteiger partial charge on any atom is 0.137 e. The lowest BCUT2D eigenvalue weighted by Crippen LogP contribution is -2.29. The van der Waals surface area contributed by atoms with Gasteiger partial charge in [-0.15, -0.1) is 0 Å². The van der Waals surface area contributed by atoms with E-state index in [9.17, 15) is 4.39 Å². The molecular formula is C16H13BrFN3. The zero-order valence-corrected chi connectivity index (χ0v) is 12.6. The lowest BCUT2D eigenvalue weighted by atomic mass is 9.95. The quantitative estimate of drug-likeness (QED) is 0.562. The summed E-state index contributed by atoms with van der Waals surface area (Å²) in [6, 6.07) is 14.4. The Kier molecular flexibility index (Phi) is 3.96. The lowest BCUT2D eigenvalue weighted by Gasteiger charge is -2.19. The van der Waals surface area contributed by atoms with Gasteiger partial charge < -0.3 is 0 Å². The van der Waals surface area contributed by atoms with Crippen LogP contribution in [0.5, 0.6) is 0 Å². The van der Waals surface area contributed by atoms with Crippen molar-refractivity contribution in [3.05, 3.63) is 76.1 Å². The van der Waals surface area contributed by atoms with E-state index in [2.05, 4.69) is 26.3 Å². The number of hydrazine groups is 1. The second-order valence-electron chi connectivity index (χ2n) is 4.69. The molecule has 3 aromatic rings. The van der Waals surface area contributed by atoms with Crippen molar-refractivity contribution in [2.24, 2.45) is 5.84 Å². The Hall–Kier alpha value is -1.82. The molecule has 0 fully saturated rings. The topological polar surface area (TPSA) is 50.9 Å². The molecule has 3 N–H and O–H groups in total. The predicted octanol–water partition coefficient (Wildman–Crippen LogP) is 3.69. The first-order valence-corrected chi connectivity index (χ1v) is 7.24. The Balaban J connectivity index is 2.16. The number of hydrogen-bond donors (Lipinski definition) is 2. The van der Waals surface area contributed by atoms with Crippen molar-refractivity contribution in [3.8, 4) is 0 Å². The molecule has 1 atom stereocenters. The van der Waals surface area contributed by atoms with E-state index in [1.807, 2.05) is 36.4 Å². The maximum atomic E-state index is 13.8. The van der Waals surface area contributed by atoms with Gasteiger partial charge in [0, 0.05) is 11.6 Å². The van der Waals surface area contributed by atoms with Gasteiger partial charge in [-0.1, -0.05) is 24.3 Å². The van der Waals surface area contributed by atoms with Gasteiger partial charge in [0.05, 0.1) is 16.0 Å². The molecular weight excluding hydrogens is 333 g/mol. The van der Waals surface area contributed by atoms with E-state index in [1.165, 1.54) is 6.07 Å². The number of nitrogens with zero attached hydrogens (tertiary/aromatic N) is 1. The minimum Gasteiger partial charge on any atom is -0.271 e. The van der Waals surface area contributed by atoms with Crippen molar-refractivity contribution >= 4 is 26.8 Å². The lowest BCUT2D eigenvalue weighted by molar-refractivity contribution is 0.602. The third-order valence-electron chi connectivity index (χ3n) is 3.43. The normalized spacial score (nSPS) is 12.5. The van der Waals surface area contributed by atoms with Crippen LogP contribution in [0.3, 0.4) is 0 Å². The number of pyridine rings is 1. The highest BCUT2D eigenvalue weighted by Gasteiger charge is 2.16. The molecule has 0 aliphatic carbocycles. The van der Waals surface area contributed by atoms with Crippen LogP contribution in [-0.2, 0) is 0 Å². The monoisotopic (exact) mass is 345 g/mol. The van der Waals surface area contributed by atoms with Crippen LogP contribution < -0.4 is 11.3 Å². The average molecular weight is 346 g/mol. The van der Waals surface area contributed by atoms with Gasteiger partial charge in [-0.3, -0.25) is 10.8 Å². The first-order chi connectivity index (χ1) is 10.2. The number of rotatable bonds is 3. The maximum absolute atomic E-state index is 13.8. The smallest absolute Gasteiger partial charge is 0.137 e. The summed E-state index contributed by atoms with van der Waals surface area (Å²) in [4.78, 5) is 4.33. The molecule has 0 bridgehead atoms. The second-order valence-corrected chi connectivity index (χ2v) is 5.54. The van der Waals surface area contributed by atoms with E-state index >= 15 is 0 Å². The van der Waals surface area contributed by atoms with Gasteiger partial charge in [0.2, 0.25) is 0 Å². The number of fused-ring (bicyclic) bond motifs is 1. The van der Waals surface area contributed by atoms with Crippen molar-refractivity contribution in [2.45, 2.75) is 6.04 Å². The van der Waals surface area contributed by atoms with E-state index in [0.717, 1.165) is 22.0 Å². The fraction of sp³-hybridized carbons (Fsp3) is 0.0625. The standard InChI is InChI=1S/C16H13BrFN3/c17-13-7-6-10(9-14(13)18)16(21-19)12-3-1-5-15-11(12)4-2-8-20-15/h1-9,16,21H,19H2. The van der Waals surface area contributed by atoms with Crippen LogP contribution in [0, 0.1) is 5.82 Å². The summed E-state index contributed by atoms with van der Waals surface area (Å²) in [5, 5.41) is 0.992. The molecule has 0 amide bonds. The molecule has 1 heterocycles. The first-order valence-electron chi connectivity index (χ1n) is 6.45. The van der Waals surface area contributed by atoms with E-state index < -0.39 is 0 Å². The van der Waals surface area contributed by atoms with Crippen LogP contribution >= 0.6 is 15.9 Å². The van der Waals surface area contributed by atoms with Crippen molar-refractivity contribution in [2.75, 3.05) is 0 Å². The van der Waals surface area contributed by atoms with Gasteiger partial charge in [0.25, 0.3) is 0 Å². The Morgan fingerprint density at radius 2 is 2.00 bits per heavy atom. The van der Waals surface area contributed by atoms with Crippen molar-refractivity contribution in [1.29, 1.82) is 0 Å². The summed E-state index contributed by atoms with van der Waals surface area (Å²) in [6.45, 7) is 0. The highest BCUT2D eigenvalue weighted by molar-refractivity contribution is 9.10. The molecule has 2 aromatic carbocycles. The molecule has 1 unspecified atom stereocenters. The summed E-state index contributed by atoms with van der Waals surface area (Å²) in [5.41, 5.74) is 5.37. The zero-order valence-electron chi connectivity index (χ0n) is 11.1. The number of benzene rings is 2. The molecule has 0 saturated heterocycles. The molecule has 106 valence electrons. The van der Waals surface area contributed by atoms with Gasteiger partial charge in [0.15, 0.2) is 0 Å². The number of nitrogens with one attached hydrogen (secondary N) is 1. The van der Waals surface area contributed by atoms with Crippen LogP contribution in [0.2, 0.25) is 0 Å². The van der Waals surface area contributed by atoms with Crippen LogP contribution in [0.15, 0.2) is 59.2 Å². The molecule has 0 aliphatic rings. The number of nitrogens with two attached hydrogens (primary N) is 1. The van der Waals surface area contributed by atoms with Crippen LogP contribution in [0.1, 0.15) is 17.2 Å². The summed E-state index contributed by atoms with van der Waals surface area (Å²) in [6.07, 6.45) is 1.75. The fourth-order valence-corrected chi connectivity index (χ4v) is 2.68. The average Bonchev–Trinajstić information content (AvgIpc) is 2.52. The molecule has 0 aliphatic heterocycles. The molecule has 0 saturated carbocycles. The number of halogens is 2. The van der Waals surface area contributed by atoms with Gasteiger partial charge in [-0.05, 0) is 51.3 Å². The highest BCUT2D eigenvalue weighted by atomic mass is 79.9. The number of aromatic nitrogens is 1. The summed E-state index contributed by atoms with van der Waals surface area (Å²) in [5.74, 6) is 5.40. The molecule has 0 radical (unpaired) electrons. The third kappa shape index (κ3) is 2.68. The predicted molar refractivity (Wildman–Crippen MR) is 85.0 cm³/mol. The molecule has 1 aromatic heterocycles.